The summed E-state index contributed by atoms with van der Waals surface area (Å²) < 4.78 is 5.41. The Morgan fingerprint density at radius 2 is 1.74 bits per heavy atom. The summed E-state index contributed by atoms with van der Waals surface area (Å²) in [5.74, 6) is 0.634. The number of carbonyl (C=O) groups is 2. The fourth-order valence-electron chi connectivity index (χ4n) is 4.31. The molecule has 8 nitrogen and oxygen atoms in total. The lowest BCUT2D eigenvalue weighted by atomic mass is 10.1. The minimum atomic E-state index is -0.125. The number of hydrogen-bond acceptors (Lipinski definition) is 5. The molecule has 0 spiro atoms. The molecule has 2 heterocycles. The van der Waals surface area contributed by atoms with E-state index in [9.17, 15) is 9.59 Å². The molecule has 4 aromatic rings. The van der Waals surface area contributed by atoms with E-state index in [1.807, 2.05) is 36.5 Å². The molecule has 0 unspecified atom stereocenters. The number of hydrogen-bond donors (Lipinski definition) is 2. The van der Waals surface area contributed by atoms with E-state index in [0.29, 0.717) is 19.6 Å². The highest BCUT2D eigenvalue weighted by molar-refractivity contribution is 5.92. The number of piperazine rings is 1. The van der Waals surface area contributed by atoms with Crippen LogP contribution in [0.4, 0.5) is 5.69 Å². The van der Waals surface area contributed by atoms with Crippen molar-refractivity contribution in [2.45, 2.75) is 19.6 Å². The van der Waals surface area contributed by atoms with E-state index in [2.05, 4.69) is 56.8 Å². The molecule has 1 fully saturated rings. The maximum absolute atomic E-state index is 12.1. The molecule has 1 aliphatic heterocycles. The minimum Gasteiger partial charge on any atom is -0.497 e. The summed E-state index contributed by atoms with van der Waals surface area (Å²) in [4.78, 5) is 27.7. The number of benzene rings is 3. The van der Waals surface area contributed by atoms with Crippen LogP contribution in [-0.2, 0) is 29.2 Å². The second-order valence-corrected chi connectivity index (χ2v) is 8.69. The third-order valence-electron chi connectivity index (χ3n) is 6.19. The van der Waals surface area contributed by atoms with Gasteiger partial charge in [-0.1, -0.05) is 36.4 Å². The van der Waals surface area contributed by atoms with Crippen molar-refractivity contribution in [3.05, 3.63) is 89.6 Å². The average Bonchev–Trinajstić information content (AvgIpc) is 3.34. The lowest BCUT2D eigenvalue weighted by molar-refractivity contribution is -0.141. The zero-order valence-corrected chi connectivity index (χ0v) is 19.5. The third kappa shape index (κ3) is 5.27. The Morgan fingerprint density at radius 1 is 0.971 bits per heavy atom. The van der Waals surface area contributed by atoms with Crippen LogP contribution in [0.3, 0.4) is 0 Å². The SMILES string of the molecule is COc1cccc(CN(Cc2ccc3cn[nH]c3c2)c2ccc(CN3CC(=O)NCC3=O)cc2)c1. The molecule has 5 rings (SSSR count). The average molecular weight is 470 g/mol. The summed E-state index contributed by atoms with van der Waals surface area (Å²) in [6.45, 7) is 1.97. The monoisotopic (exact) mass is 469 g/mol. The zero-order valence-electron chi connectivity index (χ0n) is 19.5. The Hall–Kier alpha value is -4.33. The van der Waals surface area contributed by atoms with E-state index in [1.54, 1.807) is 12.0 Å². The quantitative estimate of drug-likeness (QED) is 0.414. The lowest BCUT2D eigenvalue weighted by Gasteiger charge is -2.28. The number of aromatic nitrogens is 2. The molecule has 35 heavy (non-hydrogen) atoms. The van der Waals surface area contributed by atoms with Crippen LogP contribution in [0, 0.1) is 0 Å². The summed E-state index contributed by atoms with van der Waals surface area (Å²) in [5.41, 5.74) is 5.36. The smallest absolute Gasteiger partial charge is 0.242 e. The fraction of sp³-hybridized carbons (Fsp3) is 0.222. The minimum absolute atomic E-state index is 0.0614. The topological polar surface area (TPSA) is 90.6 Å². The van der Waals surface area contributed by atoms with Crippen molar-refractivity contribution in [3.63, 3.8) is 0 Å². The Bertz CT molecular complexity index is 1350. The van der Waals surface area contributed by atoms with Gasteiger partial charge >= 0.3 is 0 Å². The van der Waals surface area contributed by atoms with Crippen LogP contribution in [0.2, 0.25) is 0 Å². The van der Waals surface area contributed by atoms with Crippen molar-refractivity contribution in [3.8, 4) is 5.75 Å². The first-order chi connectivity index (χ1) is 17.1. The lowest BCUT2D eigenvalue weighted by Crippen LogP contribution is -2.50. The van der Waals surface area contributed by atoms with Crippen LogP contribution in [-0.4, -0.2) is 47.1 Å². The van der Waals surface area contributed by atoms with Gasteiger partial charge in [0.05, 0.1) is 31.9 Å². The van der Waals surface area contributed by atoms with Gasteiger partial charge in [-0.25, -0.2) is 0 Å². The van der Waals surface area contributed by atoms with Gasteiger partial charge in [0.2, 0.25) is 11.8 Å². The van der Waals surface area contributed by atoms with E-state index in [0.717, 1.165) is 33.5 Å². The third-order valence-corrected chi connectivity index (χ3v) is 6.19. The maximum atomic E-state index is 12.1. The number of nitrogens with one attached hydrogen (secondary N) is 2. The molecule has 3 aromatic carbocycles. The molecular formula is C27H27N5O3. The summed E-state index contributed by atoms with van der Waals surface area (Å²) in [7, 11) is 1.67. The maximum Gasteiger partial charge on any atom is 0.242 e. The summed E-state index contributed by atoms with van der Waals surface area (Å²) in [6, 6.07) is 22.6. The van der Waals surface area contributed by atoms with Crippen molar-refractivity contribution in [2.24, 2.45) is 0 Å². The van der Waals surface area contributed by atoms with Crippen molar-refractivity contribution in [2.75, 3.05) is 25.1 Å². The van der Waals surface area contributed by atoms with Gasteiger partial charge in [-0.05, 0) is 47.0 Å². The molecule has 1 aromatic heterocycles. The molecule has 2 N–H and O–H groups in total. The Kier molecular flexibility index (Phi) is 6.34. The van der Waals surface area contributed by atoms with Gasteiger partial charge in [0.15, 0.2) is 0 Å². The molecule has 178 valence electrons. The van der Waals surface area contributed by atoms with E-state index >= 15 is 0 Å². The zero-order chi connectivity index (χ0) is 24.2. The number of amides is 2. The normalized spacial score (nSPS) is 13.7. The van der Waals surface area contributed by atoms with Crippen LogP contribution >= 0.6 is 0 Å². The van der Waals surface area contributed by atoms with E-state index in [1.165, 1.54) is 5.56 Å². The number of nitrogens with zero attached hydrogens (tertiary/aromatic N) is 3. The highest BCUT2D eigenvalue weighted by Crippen LogP contribution is 2.24. The molecule has 0 bridgehead atoms. The van der Waals surface area contributed by atoms with Crippen molar-refractivity contribution in [1.29, 1.82) is 0 Å². The number of carbonyl (C=O) groups excluding carboxylic acids is 2. The van der Waals surface area contributed by atoms with Gasteiger partial charge in [-0.15, -0.1) is 0 Å². The first-order valence-corrected chi connectivity index (χ1v) is 11.5. The molecule has 0 atom stereocenters. The number of methoxy groups -OCH3 is 1. The number of ether oxygens (including phenoxy) is 1. The summed E-state index contributed by atoms with van der Waals surface area (Å²) in [6.07, 6.45) is 1.82. The van der Waals surface area contributed by atoms with Crippen LogP contribution in [0.15, 0.2) is 72.9 Å². The first-order valence-electron chi connectivity index (χ1n) is 11.5. The number of H-pyrrole nitrogens is 1. The van der Waals surface area contributed by atoms with E-state index in [-0.39, 0.29) is 24.9 Å². The number of rotatable bonds is 8. The molecule has 0 aliphatic carbocycles. The summed E-state index contributed by atoms with van der Waals surface area (Å²) >= 11 is 0. The summed E-state index contributed by atoms with van der Waals surface area (Å²) in [5, 5.41) is 10.8. The molecule has 0 saturated carbocycles. The predicted octanol–water partition coefficient (Wildman–Crippen LogP) is 3.24. The van der Waals surface area contributed by atoms with Crippen LogP contribution < -0.4 is 15.0 Å². The Labute approximate surface area is 203 Å². The highest BCUT2D eigenvalue weighted by Gasteiger charge is 2.23. The van der Waals surface area contributed by atoms with Crippen molar-refractivity contribution in [1.82, 2.24) is 20.4 Å². The number of anilines is 1. The number of aromatic amines is 1. The standard InChI is InChI=1S/C27H27N5O3/c1-35-24-4-2-3-20(11-24)16-31(17-21-5-8-22-13-29-30-25(22)12-21)23-9-6-19(7-10-23)15-32-18-26(33)28-14-27(32)34/h2-13H,14-18H2,1H3,(H,28,33)(H,29,30). The first kappa shape index (κ1) is 22.5. The Balaban J connectivity index is 1.38. The molecule has 0 radical (unpaired) electrons. The van der Waals surface area contributed by atoms with E-state index in [4.69, 9.17) is 4.74 Å². The highest BCUT2D eigenvalue weighted by atomic mass is 16.5. The molecule has 2 amide bonds. The molecule has 1 aliphatic rings. The van der Waals surface area contributed by atoms with Gasteiger partial charge in [0.25, 0.3) is 0 Å². The van der Waals surface area contributed by atoms with E-state index < -0.39 is 0 Å². The largest absolute Gasteiger partial charge is 0.497 e. The molecule has 8 heteroatoms. The van der Waals surface area contributed by atoms with Crippen LogP contribution in [0.1, 0.15) is 16.7 Å². The van der Waals surface area contributed by atoms with Crippen molar-refractivity contribution >= 4 is 28.4 Å². The van der Waals surface area contributed by atoms with Crippen LogP contribution in [0.5, 0.6) is 5.75 Å². The van der Waals surface area contributed by atoms with Gasteiger partial charge in [0, 0.05) is 30.7 Å². The molecule has 1 saturated heterocycles. The molecular weight excluding hydrogens is 442 g/mol. The Morgan fingerprint density at radius 3 is 2.54 bits per heavy atom. The fourth-order valence-corrected chi connectivity index (χ4v) is 4.31. The van der Waals surface area contributed by atoms with Gasteiger partial charge in [-0.3, -0.25) is 14.7 Å². The van der Waals surface area contributed by atoms with Gasteiger partial charge in [0.1, 0.15) is 5.75 Å². The van der Waals surface area contributed by atoms with Gasteiger partial charge in [-0.2, -0.15) is 5.10 Å². The second-order valence-electron chi connectivity index (χ2n) is 8.69. The number of fused-ring (bicyclic) bond motifs is 1. The second kappa shape index (κ2) is 9.89. The van der Waals surface area contributed by atoms with Crippen molar-refractivity contribution < 1.29 is 14.3 Å². The van der Waals surface area contributed by atoms with Gasteiger partial charge < -0.3 is 19.9 Å². The predicted molar refractivity (Wildman–Crippen MR) is 134 cm³/mol. The van der Waals surface area contributed by atoms with Crippen LogP contribution in [0.25, 0.3) is 10.9 Å².